The minimum Gasteiger partial charge on any atom is -0.370 e. The molecule has 0 radical (unpaired) electrons. The molecule has 228 valence electrons. The molecule has 2 heterocycles. The summed E-state index contributed by atoms with van der Waals surface area (Å²) in [6.07, 6.45) is -2.16. The van der Waals surface area contributed by atoms with E-state index in [2.05, 4.69) is 15.8 Å². The molecule has 12 nitrogen and oxygen atoms in total. The van der Waals surface area contributed by atoms with E-state index in [1.54, 1.807) is 6.08 Å². The van der Waals surface area contributed by atoms with Gasteiger partial charge in [0, 0.05) is 11.8 Å². The van der Waals surface area contributed by atoms with Gasteiger partial charge in [0.15, 0.2) is 18.7 Å². The van der Waals surface area contributed by atoms with Crippen LogP contribution in [0, 0.1) is 17.8 Å². The van der Waals surface area contributed by atoms with Crippen molar-refractivity contribution in [3.63, 3.8) is 0 Å². The topological polar surface area (TPSA) is 148 Å². The highest BCUT2D eigenvalue weighted by atomic mass is 32.3. The lowest BCUT2D eigenvalue weighted by Gasteiger charge is -2.48. The summed E-state index contributed by atoms with van der Waals surface area (Å²) in [7, 11) is -4.75. The van der Waals surface area contributed by atoms with E-state index in [4.69, 9.17) is 28.6 Å². The van der Waals surface area contributed by atoms with Crippen LogP contribution in [0.25, 0.3) is 0 Å². The van der Waals surface area contributed by atoms with Gasteiger partial charge in [0.25, 0.3) is 0 Å². The quantitative estimate of drug-likeness (QED) is 0.100. The highest BCUT2D eigenvalue weighted by Crippen LogP contribution is 2.38. The van der Waals surface area contributed by atoms with E-state index in [1.165, 1.54) is 0 Å². The van der Waals surface area contributed by atoms with Crippen LogP contribution in [0.15, 0.2) is 43.0 Å². The SMILES string of the molecule is C=CCCCO[C@@H]1OC(COS(=O)(=O)O)[C@@H](O[C@@H]2OC(C)[C@@H](C)[C@@H](OCc3ccccc3)C2OOO)[C@H](C)C1C. The molecule has 2 aliphatic heterocycles. The second kappa shape index (κ2) is 15.7. The van der Waals surface area contributed by atoms with Crippen molar-refractivity contribution in [2.45, 2.75) is 90.2 Å². The largest absolute Gasteiger partial charge is 0.397 e. The highest BCUT2D eigenvalue weighted by molar-refractivity contribution is 7.80. The van der Waals surface area contributed by atoms with Gasteiger partial charge in [-0.3, -0.25) is 4.55 Å². The predicted molar refractivity (Wildman–Crippen MR) is 142 cm³/mol. The third-order valence-corrected chi connectivity index (χ3v) is 8.03. The summed E-state index contributed by atoms with van der Waals surface area (Å²) in [6.45, 7) is 11.5. The fourth-order valence-electron chi connectivity index (χ4n) is 4.94. The summed E-state index contributed by atoms with van der Waals surface area (Å²) in [5.41, 5.74) is 0.944. The molecule has 0 amide bonds. The van der Waals surface area contributed by atoms with E-state index >= 15 is 0 Å². The van der Waals surface area contributed by atoms with Crippen LogP contribution in [0.2, 0.25) is 0 Å². The lowest BCUT2D eigenvalue weighted by molar-refractivity contribution is -0.533. The first-order valence-electron chi connectivity index (χ1n) is 13.5. The van der Waals surface area contributed by atoms with Gasteiger partial charge in [0.2, 0.25) is 0 Å². The van der Waals surface area contributed by atoms with Crippen LogP contribution in [-0.2, 0) is 54.8 Å². The molecule has 1 aromatic rings. The van der Waals surface area contributed by atoms with E-state index in [-0.39, 0.29) is 30.5 Å². The van der Waals surface area contributed by atoms with Gasteiger partial charge in [-0.2, -0.15) is 13.3 Å². The van der Waals surface area contributed by atoms with E-state index < -0.39 is 54.0 Å². The minimum absolute atomic E-state index is 0.172. The third kappa shape index (κ3) is 9.26. The molecule has 2 saturated heterocycles. The smallest absolute Gasteiger partial charge is 0.370 e. The molecule has 0 saturated carbocycles. The maximum absolute atomic E-state index is 11.4. The lowest BCUT2D eigenvalue weighted by Crippen LogP contribution is -2.60. The third-order valence-electron chi connectivity index (χ3n) is 7.60. The van der Waals surface area contributed by atoms with Gasteiger partial charge in [-0.1, -0.05) is 62.2 Å². The Balaban J connectivity index is 1.80. The number of benzene rings is 1. The molecule has 0 spiro atoms. The van der Waals surface area contributed by atoms with E-state index in [0.717, 1.165) is 18.4 Å². The van der Waals surface area contributed by atoms with Gasteiger partial charge >= 0.3 is 10.4 Å². The van der Waals surface area contributed by atoms with Crippen LogP contribution in [0.4, 0.5) is 0 Å². The maximum Gasteiger partial charge on any atom is 0.397 e. The van der Waals surface area contributed by atoms with Gasteiger partial charge < -0.3 is 23.7 Å². The van der Waals surface area contributed by atoms with Crippen molar-refractivity contribution >= 4 is 10.4 Å². The van der Waals surface area contributed by atoms with Crippen molar-refractivity contribution in [1.82, 2.24) is 0 Å². The first-order valence-corrected chi connectivity index (χ1v) is 14.8. The first-order chi connectivity index (χ1) is 19.1. The van der Waals surface area contributed by atoms with Crippen molar-refractivity contribution in [2.75, 3.05) is 13.2 Å². The summed E-state index contributed by atoms with van der Waals surface area (Å²) in [4.78, 5) is 5.21. The second-order valence-corrected chi connectivity index (χ2v) is 11.4. The average Bonchev–Trinajstić information content (AvgIpc) is 2.92. The monoisotopic (exact) mass is 590 g/mol. The molecular formula is C27H42O12S. The zero-order chi connectivity index (χ0) is 29.3. The molecule has 4 unspecified atom stereocenters. The van der Waals surface area contributed by atoms with Crippen LogP contribution in [0.5, 0.6) is 0 Å². The second-order valence-electron chi connectivity index (χ2n) is 10.3. The van der Waals surface area contributed by atoms with Crippen molar-refractivity contribution in [2.24, 2.45) is 17.8 Å². The Hall–Kier alpha value is -1.49. The molecule has 0 aliphatic carbocycles. The Morgan fingerprint density at radius 3 is 2.33 bits per heavy atom. The Morgan fingerprint density at radius 1 is 0.950 bits per heavy atom. The van der Waals surface area contributed by atoms with E-state index in [1.807, 2.05) is 58.0 Å². The Kier molecular flexibility index (Phi) is 12.9. The standard InChI is InChI=1S/C27H42O12S/c1-6-7-11-14-32-26-18(3)17(2)23(22(36-26)16-34-40(29,30)31)37-27-25(38-39-28)24(19(4)20(5)35-27)33-15-21-12-9-8-10-13-21/h6,8-10,12-13,17-20,22-28H,1,7,11,14-16H2,2-5H3,(H,29,30,31)/t17-,18?,19-,20?,22?,23+,24-,25?,26-,27+/m1/s1. The fraction of sp³-hybridized carbons (Fsp3) is 0.704. The van der Waals surface area contributed by atoms with Crippen molar-refractivity contribution < 1.29 is 56.0 Å². The highest BCUT2D eigenvalue weighted by Gasteiger charge is 2.50. The number of hydrogen-bond donors (Lipinski definition) is 2. The lowest BCUT2D eigenvalue weighted by atomic mass is 9.84. The summed E-state index contributed by atoms with van der Waals surface area (Å²) in [5, 5.41) is 13.3. The minimum atomic E-state index is -4.75. The molecule has 13 heteroatoms. The van der Waals surface area contributed by atoms with Crippen LogP contribution in [0.3, 0.4) is 0 Å². The first kappa shape index (κ1) is 33.0. The van der Waals surface area contributed by atoms with Gasteiger partial charge in [-0.05, 0) is 31.2 Å². The van der Waals surface area contributed by atoms with Crippen molar-refractivity contribution in [1.29, 1.82) is 0 Å². The van der Waals surface area contributed by atoms with Crippen LogP contribution in [0.1, 0.15) is 46.1 Å². The number of ether oxygens (including phenoxy) is 5. The Bertz CT molecular complexity index is 992. The molecular weight excluding hydrogens is 548 g/mol. The van der Waals surface area contributed by atoms with Gasteiger partial charge in [-0.15, -0.1) is 6.58 Å². The Labute approximate surface area is 236 Å². The zero-order valence-corrected chi connectivity index (χ0v) is 24.2. The molecule has 2 fully saturated rings. The summed E-state index contributed by atoms with van der Waals surface area (Å²) in [5.74, 6) is -0.588. The van der Waals surface area contributed by atoms with Crippen molar-refractivity contribution in [3.8, 4) is 0 Å². The van der Waals surface area contributed by atoms with Gasteiger partial charge in [-0.25, -0.2) is 9.44 Å². The number of allylic oxidation sites excluding steroid dienone is 1. The number of rotatable bonds is 15. The summed E-state index contributed by atoms with van der Waals surface area (Å²) < 4.78 is 67.4. The molecule has 0 bridgehead atoms. The summed E-state index contributed by atoms with van der Waals surface area (Å²) in [6, 6.07) is 9.58. The summed E-state index contributed by atoms with van der Waals surface area (Å²) >= 11 is 0. The van der Waals surface area contributed by atoms with E-state index in [0.29, 0.717) is 6.61 Å². The van der Waals surface area contributed by atoms with Gasteiger partial charge in [0.1, 0.15) is 6.10 Å². The van der Waals surface area contributed by atoms with Crippen LogP contribution in [-0.4, -0.2) is 74.5 Å². The molecule has 2 N–H and O–H groups in total. The molecule has 0 aromatic heterocycles. The predicted octanol–water partition coefficient (Wildman–Crippen LogP) is 3.93. The normalized spacial score (nSPS) is 35.0. The van der Waals surface area contributed by atoms with Crippen LogP contribution < -0.4 is 0 Å². The fourth-order valence-corrected chi connectivity index (χ4v) is 5.24. The molecule has 3 rings (SSSR count). The molecule has 10 atom stereocenters. The number of unbranched alkanes of at least 4 members (excludes halogenated alkanes) is 1. The van der Waals surface area contributed by atoms with Crippen LogP contribution >= 0.6 is 0 Å². The molecule has 40 heavy (non-hydrogen) atoms. The molecule has 1 aromatic carbocycles. The van der Waals surface area contributed by atoms with Crippen molar-refractivity contribution in [3.05, 3.63) is 48.6 Å². The Morgan fingerprint density at radius 2 is 1.68 bits per heavy atom. The van der Waals surface area contributed by atoms with Gasteiger partial charge in [0.05, 0.1) is 38.1 Å². The number of hydrogen-bond acceptors (Lipinski definition) is 11. The average molecular weight is 591 g/mol. The molecule has 2 aliphatic rings. The zero-order valence-electron chi connectivity index (χ0n) is 23.4. The maximum atomic E-state index is 11.4. The van der Waals surface area contributed by atoms with E-state index in [9.17, 15) is 18.2 Å².